The summed E-state index contributed by atoms with van der Waals surface area (Å²) < 4.78 is 2.14. The summed E-state index contributed by atoms with van der Waals surface area (Å²) in [5, 5.41) is 3.37. The zero-order chi connectivity index (χ0) is 12.3. The molecule has 0 saturated carbocycles. The molecule has 1 aromatic carbocycles. The van der Waals surface area contributed by atoms with Crippen LogP contribution in [-0.4, -0.2) is 22.1 Å². The minimum atomic E-state index is 0.492. The second kappa shape index (κ2) is 5.15. The van der Waals surface area contributed by atoms with E-state index < -0.39 is 0 Å². The van der Waals surface area contributed by atoms with Gasteiger partial charge in [0.1, 0.15) is 0 Å². The van der Waals surface area contributed by atoms with Crippen molar-refractivity contribution in [2.45, 2.75) is 26.4 Å². The third kappa shape index (κ3) is 2.94. The van der Waals surface area contributed by atoms with Gasteiger partial charge in [0, 0.05) is 19.1 Å². The van der Waals surface area contributed by atoms with Gasteiger partial charge in [-0.15, -0.1) is 0 Å². The van der Waals surface area contributed by atoms with Crippen LogP contribution < -0.4 is 5.32 Å². The molecule has 0 atom stereocenters. The Kier molecular flexibility index (Phi) is 3.59. The average molecular weight is 229 g/mol. The Hall–Kier alpha value is -1.61. The molecule has 1 N–H and O–H groups in total. The molecule has 1 heterocycles. The fourth-order valence-corrected chi connectivity index (χ4v) is 1.78. The molecule has 0 aliphatic rings. The summed E-state index contributed by atoms with van der Waals surface area (Å²) in [6.07, 6.45) is 1.88. The molecule has 0 saturated heterocycles. The van der Waals surface area contributed by atoms with Crippen LogP contribution in [0.1, 0.15) is 13.8 Å². The van der Waals surface area contributed by atoms with Crippen molar-refractivity contribution in [3.05, 3.63) is 42.7 Å². The monoisotopic (exact) mass is 229 g/mol. The minimum Gasteiger partial charge on any atom is -0.326 e. The van der Waals surface area contributed by atoms with Gasteiger partial charge in [-0.1, -0.05) is 32.6 Å². The SMILES string of the molecule is C=C(CNC(C)C)Cn1cnc2ccccc21. The van der Waals surface area contributed by atoms with Crippen molar-refractivity contribution in [1.82, 2.24) is 14.9 Å². The lowest BCUT2D eigenvalue weighted by atomic mass is 10.2. The topological polar surface area (TPSA) is 29.9 Å². The molecule has 3 nitrogen and oxygen atoms in total. The van der Waals surface area contributed by atoms with Gasteiger partial charge in [-0.05, 0) is 17.7 Å². The van der Waals surface area contributed by atoms with Gasteiger partial charge in [0.2, 0.25) is 0 Å². The zero-order valence-electron chi connectivity index (χ0n) is 10.5. The van der Waals surface area contributed by atoms with Gasteiger partial charge in [-0.2, -0.15) is 0 Å². The van der Waals surface area contributed by atoms with Gasteiger partial charge >= 0.3 is 0 Å². The lowest BCUT2D eigenvalue weighted by molar-refractivity contribution is 0.605. The zero-order valence-corrected chi connectivity index (χ0v) is 10.5. The van der Waals surface area contributed by atoms with Crippen LogP contribution in [-0.2, 0) is 6.54 Å². The number of nitrogens with one attached hydrogen (secondary N) is 1. The van der Waals surface area contributed by atoms with Gasteiger partial charge in [-0.25, -0.2) is 4.98 Å². The van der Waals surface area contributed by atoms with E-state index in [-0.39, 0.29) is 0 Å². The smallest absolute Gasteiger partial charge is 0.0961 e. The van der Waals surface area contributed by atoms with E-state index in [1.54, 1.807) is 0 Å². The van der Waals surface area contributed by atoms with Crippen LogP contribution in [0.25, 0.3) is 11.0 Å². The van der Waals surface area contributed by atoms with Gasteiger partial charge < -0.3 is 9.88 Å². The predicted molar refractivity (Wildman–Crippen MR) is 72.0 cm³/mol. The highest BCUT2D eigenvalue weighted by Gasteiger charge is 2.03. The highest BCUT2D eigenvalue weighted by atomic mass is 15.0. The van der Waals surface area contributed by atoms with Crippen molar-refractivity contribution in [2.75, 3.05) is 6.54 Å². The summed E-state index contributed by atoms with van der Waals surface area (Å²) in [4.78, 5) is 4.37. The number of hydrogen-bond donors (Lipinski definition) is 1. The van der Waals surface area contributed by atoms with E-state index in [2.05, 4.69) is 41.4 Å². The Morgan fingerprint density at radius 2 is 2.18 bits per heavy atom. The minimum absolute atomic E-state index is 0.492. The summed E-state index contributed by atoms with van der Waals surface area (Å²) in [5.74, 6) is 0. The molecule has 0 spiro atoms. The first-order valence-electron chi connectivity index (χ1n) is 5.96. The van der Waals surface area contributed by atoms with Crippen molar-refractivity contribution < 1.29 is 0 Å². The van der Waals surface area contributed by atoms with Crippen molar-refractivity contribution >= 4 is 11.0 Å². The van der Waals surface area contributed by atoms with E-state index in [9.17, 15) is 0 Å². The maximum atomic E-state index is 4.37. The summed E-state index contributed by atoms with van der Waals surface area (Å²) in [6.45, 7) is 10.0. The Morgan fingerprint density at radius 3 is 2.94 bits per heavy atom. The molecule has 0 fully saturated rings. The molecule has 0 amide bonds. The van der Waals surface area contributed by atoms with Crippen molar-refractivity contribution in [1.29, 1.82) is 0 Å². The molecule has 0 radical (unpaired) electrons. The van der Waals surface area contributed by atoms with E-state index in [0.29, 0.717) is 6.04 Å². The Morgan fingerprint density at radius 1 is 1.41 bits per heavy atom. The quantitative estimate of drug-likeness (QED) is 0.799. The van der Waals surface area contributed by atoms with E-state index in [4.69, 9.17) is 0 Å². The van der Waals surface area contributed by atoms with Crippen LogP contribution >= 0.6 is 0 Å². The summed E-state index contributed by atoms with van der Waals surface area (Å²) in [5.41, 5.74) is 3.37. The van der Waals surface area contributed by atoms with Crippen LogP contribution in [0.5, 0.6) is 0 Å². The summed E-state index contributed by atoms with van der Waals surface area (Å²) >= 11 is 0. The van der Waals surface area contributed by atoms with Crippen molar-refractivity contribution in [3.63, 3.8) is 0 Å². The standard InChI is InChI=1S/C14H19N3/c1-11(2)15-8-12(3)9-17-10-16-13-6-4-5-7-14(13)17/h4-7,10-11,15H,3,8-9H2,1-2H3. The second-order valence-electron chi connectivity index (χ2n) is 4.65. The number of aromatic nitrogens is 2. The third-order valence-electron chi connectivity index (χ3n) is 2.68. The van der Waals surface area contributed by atoms with Gasteiger partial charge in [0.15, 0.2) is 0 Å². The highest BCUT2D eigenvalue weighted by molar-refractivity contribution is 5.74. The predicted octanol–water partition coefficient (Wildman–Crippen LogP) is 2.59. The highest BCUT2D eigenvalue weighted by Crippen LogP contribution is 2.12. The van der Waals surface area contributed by atoms with Crippen molar-refractivity contribution in [3.8, 4) is 0 Å². The molecule has 0 aliphatic heterocycles. The van der Waals surface area contributed by atoms with Gasteiger partial charge in [0.05, 0.1) is 17.4 Å². The molecule has 2 rings (SSSR count). The number of hydrogen-bond acceptors (Lipinski definition) is 2. The number of para-hydroxylation sites is 2. The van der Waals surface area contributed by atoms with Gasteiger partial charge in [0.25, 0.3) is 0 Å². The first kappa shape index (κ1) is 11.9. The number of rotatable bonds is 5. The molecule has 0 aliphatic carbocycles. The number of imidazole rings is 1. The molecule has 2 aromatic rings. The van der Waals surface area contributed by atoms with Crippen LogP contribution in [0, 0.1) is 0 Å². The molecule has 3 heteroatoms. The number of benzene rings is 1. The van der Waals surface area contributed by atoms with Crippen LogP contribution in [0.2, 0.25) is 0 Å². The third-order valence-corrected chi connectivity index (χ3v) is 2.68. The van der Waals surface area contributed by atoms with Gasteiger partial charge in [-0.3, -0.25) is 0 Å². The van der Waals surface area contributed by atoms with E-state index in [1.807, 2.05) is 24.5 Å². The maximum absolute atomic E-state index is 4.37. The normalized spacial score (nSPS) is 11.2. The fourth-order valence-electron chi connectivity index (χ4n) is 1.78. The van der Waals surface area contributed by atoms with E-state index >= 15 is 0 Å². The Balaban J connectivity index is 2.06. The lowest BCUT2D eigenvalue weighted by Gasteiger charge is -2.11. The molecule has 17 heavy (non-hydrogen) atoms. The largest absolute Gasteiger partial charge is 0.326 e. The molecular formula is C14H19N3. The van der Waals surface area contributed by atoms with E-state index in [0.717, 1.165) is 24.1 Å². The average Bonchev–Trinajstić information content (AvgIpc) is 2.70. The van der Waals surface area contributed by atoms with Crippen LogP contribution in [0.3, 0.4) is 0 Å². The number of nitrogens with zero attached hydrogens (tertiary/aromatic N) is 2. The molecular weight excluding hydrogens is 210 g/mol. The van der Waals surface area contributed by atoms with Crippen molar-refractivity contribution in [2.24, 2.45) is 0 Å². The lowest BCUT2D eigenvalue weighted by Crippen LogP contribution is -2.25. The fraction of sp³-hybridized carbons (Fsp3) is 0.357. The molecule has 0 bridgehead atoms. The first-order chi connectivity index (χ1) is 8.16. The molecule has 1 aromatic heterocycles. The Bertz CT molecular complexity index is 511. The second-order valence-corrected chi connectivity index (χ2v) is 4.65. The van der Waals surface area contributed by atoms with Crippen LogP contribution in [0.15, 0.2) is 42.7 Å². The first-order valence-corrected chi connectivity index (χ1v) is 5.96. The molecule has 0 unspecified atom stereocenters. The van der Waals surface area contributed by atoms with E-state index in [1.165, 1.54) is 5.57 Å². The summed E-state index contributed by atoms with van der Waals surface area (Å²) in [7, 11) is 0. The Labute approximate surface area is 102 Å². The maximum Gasteiger partial charge on any atom is 0.0961 e. The summed E-state index contributed by atoms with van der Waals surface area (Å²) in [6, 6.07) is 8.66. The number of fused-ring (bicyclic) bond motifs is 1. The molecule has 90 valence electrons. The van der Waals surface area contributed by atoms with Crippen LogP contribution in [0.4, 0.5) is 0 Å².